The summed E-state index contributed by atoms with van der Waals surface area (Å²) in [5, 5.41) is 6.30. The van der Waals surface area contributed by atoms with E-state index in [2.05, 4.69) is 15.8 Å². The predicted molar refractivity (Wildman–Crippen MR) is 123 cm³/mol. The summed E-state index contributed by atoms with van der Waals surface area (Å²) < 4.78 is 5.38. The molecule has 0 saturated carbocycles. The lowest BCUT2D eigenvalue weighted by molar-refractivity contribution is -0.136. The predicted octanol–water partition coefficient (Wildman–Crippen LogP) is 3.87. The Morgan fingerprint density at radius 2 is 1.59 bits per heavy atom. The maximum atomic E-state index is 12.3. The molecule has 0 aromatic heterocycles. The van der Waals surface area contributed by atoms with E-state index in [0.29, 0.717) is 22.6 Å². The van der Waals surface area contributed by atoms with Crippen LogP contribution in [0.3, 0.4) is 0 Å². The molecule has 0 atom stereocenters. The first-order valence-electron chi connectivity index (χ1n) is 10.1. The summed E-state index contributed by atoms with van der Waals surface area (Å²) in [7, 11) is 0. The number of carbonyl (C=O) groups is 3. The number of ether oxygens (including phenoxy) is 1. The lowest BCUT2D eigenvalue weighted by Gasteiger charge is -2.06. The molecule has 3 aromatic carbocycles. The fourth-order valence-electron chi connectivity index (χ4n) is 2.81. The molecule has 0 bridgehead atoms. The van der Waals surface area contributed by atoms with Crippen LogP contribution in [0.25, 0.3) is 0 Å². The summed E-state index contributed by atoms with van der Waals surface area (Å²) >= 11 is 0. The van der Waals surface area contributed by atoms with Crippen molar-refractivity contribution in [2.45, 2.75) is 20.3 Å². The molecule has 0 aliphatic carbocycles. The van der Waals surface area contributed by atoms with Gasteiger partial charge in [0.25, 0.3) is 0 Å². The van der Waals surface area contributed by atoms with Crippen LogP contribution in [0, 0.1) is 6.92 Å². The number of hydrazone groups is 1. The molecule has 32 heavy (non-hydrogen) atoms. The number of benzene rings is 3. The number of nitrogens with zero attached hydrogens (tertiary/aromatic N) is 1. The first kappa shape index (κ1) is 22.4. The van der Waals surface area contributed by atoms with Gasteiger partial charge >= 0.3 is 17.8 Å². The van der Waals surface area contributed by atoms with Crippen LogP contribution in [-0.2, 0) is 16.0 Å². The van der Waals surface area contributed by atoms with Gasteiger partial charge < -0.3 is 10.1 Å². The zero-order valence-electron chi connectivity index (χ0n) is 17.8. The molecule has 7 nitrogen and oxygen atoms in total. The van der Waals surface area contributed by atoms with Crippen molar-refractivity contribution in [3.05, 3.63) is 95.1 Å². The van der Waals surface area contributed by atoms with Gasteiger partial charge in [0.1, 0.15) is 5.75 Å². The van der Waals surface area contributed by atoms with Crippen molar-refractivity contribution in [3.8, 4) is 5.75 Å². The van der Waals surface area contributed by atoms with E-state index in [4.69, 9.17) is 4.74 Å². The van der Waals surface area contributed by atoms with Gasteiger partial charge in [0, 0.05) is 5.69 Å². The highest BCUT2D eigenvalue weighted by Gasteiger charge is 2.13. The van der Waals surface area contributed by atoms with Gasteiger partial charge in [0.05, 0.1) is 11.8 Å². The van der Waals surface area contributed by atoms with E-state index in [1.807, 2.05) is 38.1 Å². The Kier molecular flexibility index (Phi) is 7.48. The van der Waals surface area contributed by atoms with Crippen LogP contribution in [0.5, 0.6) is 5.75 Å². The Hall–Kier alpha value is -4.26. The number of rotatable bonds is 6. The molecule has 2 amide bonds. The van der Waals surface area contributed by atoms with E-state index < -0.39 is 17.8 Å². The first-order chi connectivity index (χ1) is 15.5. The van der Waals surface area contributed by atoms with E-state index in [0.717, 1.165) is 17.5 Å². The van der Waals surface area contributed by atoms with Crippen LogP contribution < -0.4 is 15.5 Å². The van der Waals surface area contributed by atoms with Crippen LogP contribution in [0.1, 0.15) is 34.0 Å². The van der Waals surface area contributed by atoms with Crippen LogP contribution in [0.4, 0.5) is 5.69 Å². The number of nitrogens with one attached hydrogen (secondary N) is 2. The van der Waals surface area contributed by atoms with Gasteiger partial charge in [-0.2, -0.15) is 5.10 Å². The van der Waals surface area contributed by atoms with E-state index in [1.165, 1.54) is 6.21 Å². The molecule has 162 valence electrons. The molecule has 0 radical (unpaired) electrons. The van der Waals surface area contributed by atoms with Crippen molar-refractivity contribution in [1.29, 1.82) is 0 Å². The quantitative estimate of drug-likeness (QED) is 0.204. The zero-order valence-corrected chi connectivity index (χ0v) is 17.8. The Balaban J connectivity index is 1.50. The van der Waals surface area contributed by atoms with Gasteiger partial charge in [-0.15, -0.1) is 0 Å². The van der Waals surface area contributed by atoms with Crippen LogP contribution >= 0.6 is 0 Å². The first-order valence-corrected chi connectivity index (χ1v) is 10.1. The third-order valence-electron chi connectivity index (χ3n) is 4.66. The van der Waals surface area contributed by atoms with Gasteiger partial charge in [0.15, 0.2) is 0 Å². The van der Waals surface area contributed by atoms with Gasteiger partial charge in [-0.25, -0.2) is 10.2 Å². The van der Waals surface area contributed by atoms with Gasteiger partial charge in [-0.05, 0) is 72.5 Å². The minimum atomic E-state index is -0.885. The lowest BCUT2D eigenvalue weighted by Crippen LogP contribution is -2.32. The number of anilines is 1. The third-order valence-corrected chi connectivity index (χ3v) is 4.66. The molecule has 3 rings (SSSR count). The maximum absolute atomic E-state index is 12.3. The van der Waals surface area contributed by atoms with Crippen molar-refractivity contribution >= 4 is 29.7 Å². The Labute approximate surface area is 186 Å². The van der Waals surface area contributed by atoms with Gasteiger partial charge in [-0.3, -0.25) is 9.59 Å². The van der Waals surface area contributed by atoms with Crippen LogP contribution in [-0.4, -0.2) is 24.0 Å². The zero-order chi connectivity index (χ0) is 22.9. The standard InChI is InChI=1S/C25H23N3O4/c1-3-18-8-12-20(13-9-18)27-23(29)24(30)28-26-16-19-10-14-21(15-11-19)32-25(31)22-7-5-4-6-17(22)2/h4-16H,3H2,1-2H3,(H,27,29)(H,28,30). The third kappa shape index (κ3) is 6.12. The minimum absolute atomic E-state index is 0.382. The Morgan fingerprint density at radius 1 is 0.906 bits per heavy atom. The molecular weight excluding hydrogens is 406 g/mol. The highest BCUT2D eigenvalue weighted by molar-refractivity contribution is 6.39. The average Bonchev–Trinajstić information content (AvgIpc) is 2.80. The summed E-state index contributed by atoms with van der Waals surface area (Å²) in [5.41, 5.74) is 5.83. The Bertz CT molecular complexity index is 1140. The fourth-order valence-corrected chi connectivity index (χ4v) is 2.81. The molecular formula is C25H23N3O4. The summed E-state index contributed by atoms with van der Waals surface area (Å²) in [6.07, 6.45) is 2.27. The van der Waals surface area contributed by atoms with Crippen molar-refractivity contribution in [3.63, 3.8) is 0 Å². The highest BCUT2D eigenvalue weighted by Crippen LogP contribution is 2.15. The van der Waals surface area contributed by atoms with Crippen LogP contribution in [0.15, 0.2) is 77.9 Å². The fraction of sp³-hybridized carbons (Fsp3) is 0.120. The average molecular weight is 429 g/mol. The Morgan fingerprint density at radius 3 is 2.25 bits per heavy atom. The monoisotopic (exact) mass is 429 g/mol. The largest absolute Gasteiger partial charge is 0.423 e. The molecule has 0 aliphatic rings. The van der Waals surface area contributed by atoms with E-state index >= 15 is 0 Å². The molecule has 0 spiro atoms. The van der Waals surface area contributed by atoms with Crippen molar-refractivity contribution in [2.24, 2.45) is 5.10 Å². The van der Waals surface area contributed by atoms with Crippen LogP contribution in [0.2, 0.25) is 0 Å². The number of hydrogen-bond donors (Lipinski definition) is 2. The second-order valence-electron chi connectivity index (χ2n) is 6.98. The van der Waals surface area contributed by atoms with E-state index in [9.17, 15) is 14.4 Å². The SMILES string of the molecule is CCc1ccc(NC(=O)C(=O)NN=Cc2ccc(OC(=O)c3ccccc3C)cc2)cc1. The normalized spacial score (nSPS) is 10.6. The topological polar surface area (TPSA) is 96.9 Å². The number of esters is 1. The lowest BCUT2D eigenvalue weighted by atomic mass is 10.1. The smallest absolute Gasteiger partial charge is 0.343 e. The number of aryl methyl sites for hydroxylation is 2. The van der Waals surface area contributed by atoms with E-state index in [1.54, 1.807) is 48.5 Å². The molecule has 0 saturated heterocycles. The van der Waals surface area contributed by atoms with Gasteiger partial charge in [-0.1, -0.05) is 37.3 Å². The molecule has 3 aromatic rings. The number of amides is 2. The molecule has 7 heteroatoms. The summed E-state index contributed by atoms with van der Waals surface area (Å²) in [4.78, 5) is 36.1. The highest BCUT2D eigenvalue weighted by atomic mass is 16.5. The molecule has 0 fully saturated rings. The van der Waals surface area contributed by atoms with Gasteiger partial charge in [0.2, 0.25) is 0 Å². The van der Waals surface area contributed by atoms with Crippen molar-refractivity contribution in [2.75, 3.05) is 5.32 Å². The second kappa shape index (κ2) is 10.7. The summed E-state index contributed by atoms with van der Waals surface area (Å²) in [6.45, 7) is 3.87. The van der Waals surface area contributed by atoms with Crippen molar-refractivity contribution in [1.82, 2.24) is 5.43 Å². The molecule has 2 N–H and O–H groups in total. The van der Waals surface area contributed by atoms with Crippen molar-refractivity contribution < 1.29 is 19.1 Å². The number of carbonyl (C=O) groups excluding carboxylic acids is 3. The maximum Gasteiger partial charge on any atom is 0.343 e. The molecule has 0 unspecified atom stereocenters. The molecule has 0 heterocycles. The number of hydrogen-bond acceptors (Lipinski definition) is 5. The minimum Gasteiger partial charge on any atom is -0.423 e. The second-order valence-corrected chi connectivity index (χ2v) is 6.98. The summed E-state index contributed by atoms with van der Waals surface area (Å²) in [5.74, 6) is -1.76. The van der Waals surface area contributed by atoms with E-state index in [-0.39, 0.29) is 0 Å². The summed E-state index contributed by atoms with van der Waals surface area (Å²) in [6, 6.07) is 21.0. The molecule has 0 aliphatic heterocycles.